The molecule has 0 aliphatic rings. The van der Waals surface area contributed by atoms with Gasteiger partial charge in [0.1, 0.15) is 5.82 Å². The van der Waals surface area contributed by atoms with E-state index in [9.17, 15) is 4.79 Å². The highest BCUT2D eigenvalue weighted by atomic mass is 79.9. The van der Waals surface area contributed by atoms with E-state index in [-0.39, 0.29) is 5.78 Å². The summed E-state index contributed by atoms with van der Waals surface area (Å²) in [7, 11) is 1.97. The number of fused-ring (bicyclic) bond motifs is 1. The number of hydrogen-bond acceptors (Lipinski definition) is 2. The SMILES string of the molecule is Cc1nc2cc(C(=O)CBr)ccc2n1C. The summed E-state index contributed by atoms with van der Waals surface area (Å²) in [5.74, 6) is 1.04. The van der Waals surface area contributed by atoms with Crippen LogP contribution in [0.3, 0.4) is 0 Å². The zero-order valence-electron chi connectivity index (χ0n) is 8.62. The Labute approximate surface area is 96.2 Å². The van der Waals surface area contributed by atoms with Crippen LogP contribution in [-0.4, -0.2) is 20.7 Å². The lowest BCUT2D eigenvalue weighted by Gasteiger charge is -1.98. The number of imidazole rings is 1. The molecule has 2 rings (SSSR count). The maximum absolute atomic E-state index is 11.5. The zero-order chi connectivity index (χ0) is 11.0. The van der Waals surface area contributed by atoms with Gasteiger partial charge in [-0.1, -0.05) is 15.9 Å². The highest BCUT2D eigenvalue weighted by Gasteiger charge is 2.08. The molecule has 0 fully saturated rings. The highest BCUT2D eigenvalue weighted by Crippen LogP contribution is 2.17. The van der Waals surface area contributed by atoms with Crippen LogP contribution >= 0.6 is 15.9 Å². The molecule has 4 heteroatoms. The highest BCUT2D eigenvalue weighted by molar-refractivity contribution is 9.09. The van der Waals surface area contributed by atoms with Crippen LogP contribution in [0.4, 0.5) is 0 Å². The maximum atomic E-state index is 11.5. The van der Waals surface area contributed by atoms with E-state index >= 15 is 0 Å². The van der Waals surface area contributed by atoms with Crippen LogP contribution in [0, 0.1) is 6.92 Å². The van der Waals surface area contributed by atoms with Crippen LogP contribution in [0.2, 0.25) is 0 Å². The summed E-state index contributed by atoms with van der Waals surface area (Å²) in [6.45, 7) is 1.95. The van der Waals surface area contributed by atoms with Crippen molar-refractivity contribution >= 4 is 32.7 Å². The first-order chi connectivity index (χ1) is 7.13. The molecule has 15 heavy (non-hydrogen) atoms. The minimum atomic E-state index is 0.0835. The summed E-state index contributed by atoms with van der Waals surface area (Å²) >= 11 is 3.16. The zero-order valence-corrected chi connectivity index (χ0v) is 10.2. The maximum Gasteiger partial charge on any atom is 0.173 e. The van der Waals surface area contributed by atoms with Gasteiger partial charge in [-0.05, 0) is 25.1 Å². The summed E-state index contributed by atoms with van der Waals surface area (Å²) in [5, 5.41) is 0.352. The van der Waals surface area contributed by atoms with Gasteiger partial charge in [-0.15, -0.1) is 0 Å². The van der Waals surface area contributed by atoms with Gasteiger partial charge < -0.3 is 4.57 Å². The van der Waals surface area contributed by atoms with Gasteiger partial charge in [0.2, 0.25) is 0 Å². The molecule has 1 aromatic heterocycles. The van der Waals surface area contributed by atoms with E-state index in [2.05, 4.69) is 20.9 Å². The number of alkyl halides is 1. The van der Waals surface area contributed by atoms with E-state index in [4.69, 9.17) is 0 Å². The number of rotatable bonds is 2. The largest absolute Gasteiger partial charge is 0.331 e. The molecule has 0 aliphatic carbocycles. The number of carbonyl (C=O) groups is 1. The third kappa shape index (κ3) is 1.69. The van der Waals surface area contributed by atoms with Crippen LogP contribution < -0.4 is 0 Å². The molecule has 0 atom stereocenters. The van der Waals surface area contributed by atoms with Gasteiger partial charge in [0.25, 0.3) is 0 Å². The van der Waals surface area contributed by atoms with Gasteiger partial charge in [0.15, 0.2) is 5.78 Å². The van der Waals surface area contributed by atoms with Crippen molar-refractivity contribution in [1.29, 1.82) is 0 Å². The van der Waals surface area contributed by atoms with Crippen molar-refractivity contribution < 1.29 is 4.79 Å². The van der Waals surface area contributed by atoms with E-state index in [1.54, 1.807) is 0 Å². The Kier molecular flexibility index (Phi) is 2.61. The first-order valence-electron chi connectivity index (χ1n) is 4.65. The molecule has 1 heterocycles. The number of nitrogens with zero attached hydrogens (tertiary/aromatic N) is 2. The summed E-state index contributed by atoms with van der Waals surface area (Å²) in [4.78, 5) is 15.9. The van der Waals surface area contributed by atoms with Crippen LogP contribution in [0.15, 0.2) is 18.2 Å². The second kappa shape index (κ2) is 3.77. The van der Waals surface area contributed by atoms with Gasteiger partial charge >= 0.3 is 0 Å². The van der Waals surface area contributed by atoms with Gasteiger partial charge in [0, 0.05) is 12.6 Å². The molecule has 0 radical (unpaired) electrons. The molecule has 1 aromatic carbocycles. The average Bonchev–Trinajstić information content (AvgIpc) is 2.53. The number of halogens is 1. The Morgan fingerprint density at radius 2 is 2.27 bits per heavy atom. The fourth-order valence-electron chi connectivity index (χ4n) is 1.57. The molecule has 0 saturated heterocycles. The van der Waals surface area contributed by atoms with Gasteiger partial charge in [0.05, 0.1) is 16.4 Å². The predicted octanol–water partition coefficient (Wildman–Crippen LogP) is 2.46. The number of ketones is 1. The summed E-state index contributed by atoms with van der Waals surface area (Å²) < 4.78 is 2.01. The summed E-state index contributed by atoms with van der Waals surface area (Å²) in [6, 6.07) is 5.62. The molecule has 0 N–H and O–H groups in total. The van der Waals surface area contributed by atoms with Crippen molar-refractivity contribution in [2.75, 3.05) is 5.33 Å². The first kappa shape index (κ1) is 10.4. The second-order valence-corrected chi connectivity index (χ2v) is 4.04. The fraction of sp³-hybridized carbons (Fsp3) is 0.273. The Bertz CT molecular complexity index is 531. The molecule has 78 valence electrons. The quantitative estimate of drug-likeness (QED) is 0.618. The van der Waals surface area contributed by atoms with Crippen LogP contribution in [0.25, 0.3) is 11.0 Å². The topological polar surface area (TPSA) is 34.9 Å². The number of aromatic nitrogens is 2. The standard InChI is InChI=1S/C11H11BrN2O/c1-7-13-9-5-8(11(15)6-12)3-4-10(9)14(7)2/h3-5H,6H2,1-2H3. The fourth-order valence-corrected chi connectivity index (χ4v) is 1.89. The van der Waals surface area contributed by atoms with Crippen LogP contribution in [-0.2, 0) is 7.05 Å². The number of benzene rings is 1. The molecule has 0 bridgehead atoms. The monoisotopic (exact) mass is 266 g/mol. The lowest BCUT2D eigenvalue weighted by atomic mass is 10.1. The molecule has 0 amide bonds. The molecule has 2 aromatic rings. The predicted molar refractivity (Wildman–Crippen MR) is 63.6 cm³/mol. The van der Waals surface area contributed by atoms with E-state index < -0.39 is 0 Å². The Hall–Kier alpha value is -1.16. The lowest BCUT2D eigenvalue weighted by molar-refractivity contribution is 0.102. The van der Waals surface area contributed by atoms with Crippen LogP contribution in [0.1, 0.15) is 16.2 Å². The van der Waals surface area contributed by atoms with E-state index in [1.807, 2.05) is 36.7 Å². The number of aryl methyl sites for hydroxylation is 2. The van der Waals surface area contributed by atoms with Crippen molar-refractivity contribution in [3.05, 3.63) is 29.6 Å². The van der Waals surface area contributed by atoms with Crippen LogP contribution in [0.5, 0.6) is 0 Å². The second-order valence-electron chi connectivity index (χ2n) is 3.48. The van der Waals surface area contributed by atoms with Crippen molar-refractivity contribution in [3.8, 4) is 0 Å². The van der Waals surface area contributed by atoms with Gasteiger partial charge in [-0.3, -0.25) is 4.79 Å². The van der Waals surface area contributed by atoms with Crippen molar-refractivity contribution in [2.24, 2.45) is 7.05 Å². The lowest BCUT2D eigenvalue weighted by Crippen LogP contribution is -1.99. The number of Topliss-reactive ketones (excluding diaryl/α,β-unsaturated/α-hetero) is 1. The Balaban J connectivity index is 2.62. The Morgan fingerprint density at radius 3 is 2.93 bits per heavy atom. The molecule has 0 spiro atoms. The molecular formula is C11H11BrN2O. The summed E-state index contributed by atoms with van der Waals surface area (Å²) in [5.41, 5.74) is 2.64. The average molecular weight is 267 g/mol. The molecule has 0 saturated carbocycles. The van der Waals surface area contributed by atoms with Crippen molar-refractivity contribution in [1.82, 2.24) is 9.55 Å². The third-order valence-corrected chi connectivity index (χ3v) is 3.06. The van der Waals surface area contributed by atoms with Gasteiger partial charge in [-0.25, -0.2) is 4.98 Å². The van der Waals surface area contributed by atoms with E-state index in [0.29, 0.717) is 10.9 Å². The van der Waals surface area contributed by atoms with E-state index in [1.165, 1.54) is 0 Å². The number of carbonyl (C=O) groups excluding carboxylic acids is 1. The van der Waals surface area contributed by atoms with Crippen molar-refractivity contribution in [3.63, 3.8) is 0 Å². The van der Waals surface area contributed by atoms with E-state index in [0.717, 1.165) is 16.9 Å². The minimum absolute atomic E-state index is 0.0835. The molecule has 0 unspecified atom stereocenters. The first-order valence-corrected chi connectivity index (χ1v) is 5.78. The minimum Gasteiger partial charge on any atom is -0.331 e. The van der Waals surface area contributed by atoms with Gasteiger partial charge in [-0.2, -0.15) is 0 Å². The molecule has 3 nitrogen and oxygen atoms in total. The number of hydrogen-bond donors (Lipinski definition) is 0. The van der Waals surface area contributed by atoms with Crippen molar-refractivity contribution in [2.45, 2.75) is 6.92 Å². The third-order valence-electron chi connectivity index (χ3n) is 2.55. The smallest absolute Gasteiger partial charge is 0.173 e. The Morgan fingerprint density at radius 1 is 1.53 bits per heavy atom. The molecule has 0 aliphatic heterocycles. The normalized spacial score (nSPS) is 10.9. The summed E-state index contributed by atoms with van der Waals surface area (Å²) in [6.07, 6.45) is 0. The molecular weight excluding hydrogens is 256 g/mol.